The molecule has 1 fully saturated rings. The summed E-state index contributed by atoms with van der Waals surface area (Å²) < 4.78 is 25.9. The average Bonchev–Trinajstić information content (AvgIpc) is 2.52. The Morgan fingerprint density at radius 2 is 1.96 bits per heavy atom. The van der Waals surface area contributed by atoms with Gasteiger partial charge in [0.25, 0.3) is 0 Å². The van der Waals surface area contributed by atoms with E-state index in [-0.39, 0.29) is 29.1 Å². The molecule has 1 amide bonds. The van der Waals surface area contributed by atoms with Gasteiger partial charge in [0.15, 0.2) is 0 Å². The number of anilines is 1. The SMILES string of the molecule is Cc1cc(S(=O)(=O)N(C)C)cc(NC(=O)C2CCCNC2)c1C.Cl. The van der Waals surface area contributed by atoms with Gasteiger partial charge < -0.3 is 10.6 Å². The van der Waals surface area contributed by atoms with Crippen LogP contribution in [-0.4, -0.2) is 45.8 Å². The molecule has 1 aliphatic heterocycles. The molecule has 0 spiro atoms. The predicted octanol–water partition coefficient (Wildman–Crippen LogP) is 1.91. The van der Waals surface area contributed by atoms with Crippen LogP contribution in [0, 0.1) is 19.8 Å². The van der Waals surface area contributed by atoms with Crippen LogP contribution in [0.15, 0.2) is 17.0 Å². The third-order valence-electron chi connectivity index (χ3n) is 4.34. The first-order valence-electron chi connectivity index (χ1n) is 7.79. The quantitative estimate of drug-likeness (QED) is 0.842. The molecule has 2 N–H and O–H groups in total. The zero-order chi connectivity index (χ0) is 17.2. The second-order valence-electron chi connectivity index (χ2n) is 6.23. The number of hydrogen-bond acceptors (Lipinski definition) is 4. The third-order valence-corrected chi connectivity index (χ3v) is 6.14. The highest BCUT2D eigenvalue weighted by Gasteiger charge is 2.23. The number of halogens is 1. The molecule has 0 saturated carbocycles. The molecule has 6 nitrogen and oxygen atoms in total. The molecule has 1 aliphatic rings. The highest BCUT2D eigenvalue weighted by Crippen LogP contribution is 2.26. The lowest BCUT2D eigenvalue weighted by atomic mass is 9.98. The lowest BCUT2D eigenvalue weighted by Gasteiger charge is -2.23. The number of rotatable bonds is 4. The van der Waals surface area contributed by atoms with Gasteiger partial charge in [0, 0.05) is 26.3 Å². The molecule has 24 heavy (non-hydrogen) atoms. The Balaban J connectivity index is 0.00000288. The first-order valence-corrected chi connectivity index (χ1v) is 9.23. The highest BCUT2D eigenvalue weighted by atomic mass is 35.5. The lowest BCUT2D eigenvalue weighted by Crippen LogP contribution is -2.37. The van der Waals surface area contributed by atoms with Crippen LogP contribution in [0.2, 0.25) is 0 Å². The summed E-state index contributed by atoms with van der Waals surface area (Å²) in [7, 11) is -0.537. The number of piperidine rings is 1. The second-order valence-corrected chi connectivity index (χ2v) is 8.38. The molecule has 1 unspecified atom stereocenters. The molecule has 0 radical (unpaired) electrons. The molecule has 1 atom stereocenters. The van der Waals surface area contributed by atoms with Gasteiger partial charge in [-0.25, -0.2) is 12.7 Å². The van der Waals surface area contributed by atoms with Gasteiger partial charge in [0.1, 0.15) is 0 Å². The third kappa shape index (κ3) is 4.47. The summed E-state index contributed by atoms with van der Waals surface area (Å²) >= 11 is 0. The number of sulfonamides is 1. The topological polar surface area (TPSA) is 78.5 Å². The van der Waals surface area contributed by atoms with Gasteiger partial charge in [0.2, 0.25) is 15.9 Å². The van der Waals surface area contributed by atoms with E-state index in [4.69, 9.17) is 0 Å². The highest BCUT2D eigenvalue weighted by molar-refractivity contribution is 7.89. The number of carbonyl (C=O) groups is 1. The van der Waals surface area contributed by atoms with E-state index in [0.29, 0.717) is 12.2 Å². The van der Waals surface area contributed by atoms with Gasteiger partial charge >= 0.3 is 0 Å². The number of aryl methyl sites for hydroxylation is 1. The van der Waals surface area contributed by atoms with Crippen LogP contribution in [0.4, 0.5) is 5.69 Å². The summed E-state index contributed by atoms with van der Waals surface area (Å²) in [4.78, 5) is 12.6. The van der Waals surface area contributed by atoms with Gasteiger partial charge in [-0.3, -0.25) is 4.79 Å². The predicted molar refractivity (Wildman–Crippen MR) is 98.3 cm³/mol. The molecule has 136 valence electrons. The van der Waals surface area contributed by atoms with Crippen LogP contribution in [0.1, 0.15) is 24.0 Å². The van der Waals surface area contributed by atoms with Crippen LogP contribution in [-0.2, 0) is 14.8 Å². The molecule has 1 saturated heterocycles. The van der Waals surface area contributed by atoms with Crippen molar-refractivity contribution >= 4 is 34.0 Å². The van der Waals surface area contributed by atoms with Gasteiger partial charge in [-0.1, -0.05) is 0 Å². The molecular formula is C16H26ClN3O3S. The van der Waals surface area contributed by atoms with Crippen LogP contribution < -0.4 is 10.6 Å². The molecular weight excluding hydrogens is 350 g/mol. The van der Waals surface area contributed by atoms with E-state index < -0.39 is 10.0 Å². The minimum atomic E-state index is -3.53. The molecule has 2 rings (SSSR count). The first-order chi connectivity index (χ1) is 10.7. The van der Waals surface area contributed by atoms with Crippen LogP contribution >= 0.6 is 12.4 Å². The lowest BCUT2D eigenvalue weighted by molar-refractivity contribution is -0.120. The minimum Gasteiger partial charge on any atom is -0.326 e. The van der Waals surface area contributed by atoms with E-state index in [1.165, 1.54) is 18.4 Å². The maximum Gasteiger partial charge on any atom is 0.242 e. The standard InChI is InChI=1S/C16H25N3O3S.ClH/c1-11-8-14(23(21,22)19(3)4)9-15(12(11)2)18-16(20)13-6-5-7-17-10-13;/h8-9,13,17H,5-7,10H2,1-4H3,(H,18,20);1H. The zero-order valence-corrected chi connectivity index (χ0v) is 16.2. The number of nitrogens with one attached hydrogen (secondary N) is 2. The molecule has 1 aromatic rings. The van der Waals surface area contributed by atoms with E-state index in [2.05, 4.69) is 10.6 Å². The molecule has 0 bridgehead atoms. The number of hydrogen-bond donors (Lipinski definition) is 2. The fourth-order valence-corrected chi connectivity index (χ4v) is 3.64. The summed E-state index contributed by atoms with van der Waals surface area (Å²) in [5.74, 6) is -0.128. The minimum absolute atomic E-state index is 0. The van der Waals surface area contributed by atoms with Crippen molar-refractivity contribution in [1.82, 2.24) is 9.62 Å². The Hall–Kier alpha value is -1.15. The summed E-state index contributed by atoms with van der Waals surface area (Å²) in [5, 5.41) is 6.12. The number of amides is 1. The van der Waals surface area contributed by atoms with Crippen molar-refractivity contribution in [3.8, 4) is 0 Å². The molecule has 0 aliphatic carbocycles. The smallest absolute Gasteiger partial charge is 0.242 e. The largest absolute Gasteiger partial charge is 0.326 e. The van der Waals surface area contributed by atoms with Gasteiger partial charge in [-0.2, -0.15) is 0 Å². The van der Waals surface area contributed by atoms with E-state index >= 15 is 0 Å². The van der Waals surface area contributed by atoms with Gasteiger partial charge in [0.05, 0.1) is 10.8 Å². The van der Waals surface area contributed by atoms with E-state index in [1.54, 1.807) is 12.1 Å². The number of nitrogens with zero attached hydrogens (tertiary/aromatic N) is 1. The zero-order valence-electron chi connectivity index (χ0n) is 14.5. The van der Waals surface area contributed by atoms with Crippen molar-refractivity contribution in [2.45, 2.75) is 31.6 Å². The normalized spacial score (nSPS) is 18.1. The van der Waals surface area contributed by atoms with Crippen molar-refractivity contribution in [3.63, 3.8) is 0 Å². The average molecular weight is 376 g/mol. The number of carbonyl (C=O) groups excluding carboxylic acids is 1. The molecule has 1 aromatic carbocycles. The Morgan fingerprint density at radius 3 is 2.50 bits per heavy atom. The Kier molecular flexibility index (Phi) is 7.22. The Labute approximate surface area is 150 Å². The van der Waals surface area contributed by atoms with Crippen molar-refractivity contribution in [1.29, 1.82) is 0 Å². The fourth-order valence-electron chi connectivity index (χ4n) is 2.63. The fraction of sp³-hybridized carbons (Fsp3) is 0.562. The Morgan fingerprint density at radius 1 is 1.29 bits per heavy atom. The Bertz CT molecular complexity index is 699. The monoisotopic (exact) mass is 375 g/mol. The van der Waals surface area contributed by atoms with E-state index in [0.717, 1.165) is 30.5 Å². The van der Waals surface area contributed by atoms with E-state index in [9.17, 15) is 13.2 Å². The number of benzene rings is 1. The first kappa shape index (κ1) is 20.9. The van der Waals surface area contributed by atoms with Gasteiger partial charge in [-0.05, 0) is 56.5 Å². The summed E-state index contributed by atoms with van der Waals surface area (Å²) in [6.07, 6.45) is 1.83. The summed E-state index contributed by atoms with van der Waals surface area (Å²) in [6.45, 7) is 5.34. The maximum atomic E-state index is 12.4. The molecule has 8 heteroatoms. The van der Waals surface area contributed by atoms with Crippen LogP contribution in [0.25, 0.3) is 0 Å². The summed E-state index contributed by atoms with van der Waals surface area (Å²) in [6, 6.07) is 3.19. The molecule has 0 aromatic heterocycles. The van der Waals surface area contributed by atoms with Crippen molar-refractivity contribution in [2.24, 2.45) is 5.92 Å². The molecule has 1 heterocycles. The van der Waals surface area contributed by atoms with Crippen LogP contribution in [0.5, 0.6) is 0 Å². The summed E-state index contributed by atoms with van der Waals surface area (Å²) in [5.41, 5.74) is 2.30. The van der Waals surface area contributed by atoms with Crippen LogP contribution in [0.3, 0.4) is 0 Å². The van der Waals surface area contributed by atoms with Crippen molar-refractivity contribution in [3.05, 3.63) is 23.3 Å². The van der Waals surface area contributed by atoms with Crippen molar-refractivity contribution < 1.29 is 13.2 Å². The van der Waals surface area contributed by atoms with Crippen molar-refractivity contribution in [2.75, 3.05) is 32.5 Å². The maximum absolute atomic E-state index is 12.4. The van der Waals surface area contributed by atoms with E-state index in [1.807, 2.05) is 13.8 Å². The second kappa shape index (κ2) is 8.29. The van der Waals surface area contributed by atoms with Gasteiger partial charge in [-0.15, -0.1) is 12.4 Å².